The van der Waals surface area contributed by atoms with Gasteiger partial charge in [-0.15, -0.1) is 0 Å². The van der Waals surface area contributed by atoms with Crippen molar-refractivity contribution >= 4 is 11.8 Å². The molecule has 4 heteroatoms. The second kappa shape index (κ2) is 4.47. The van der Waals surface area contributed by atoms with Gasteiger partial charge in [-0.05, 0) is 44.4 Å². The third-order valence-corrected chi connectivity index (χ3v) is 5.40. The number of carbonyl (C=O) groups is 2. The van der Waals surface area contributed by atoms with Crippen molar-refractivity contribution in [3.05, 3.63) is 0 Å². The number of amides is 2. The molecule has 1 heterocycles. The second-order valence-electron chi connectivity index (χ2n) is 7.47. The lowest BCUT2D eigenvalue weighted by molar-refractivity contribution is -0.164. The lowest BCUT2D eigenvalue weighted by Crippen LogP contribution is -2.75. The van der Waals surface area contributed by atoms with Crippen LogP contribution in [0.25, 0.3) is 0 Å². The number of rotatable bonds is 3. The van der Waals surface area contributed by atoms with Crippen molar-refractivity contribution in [1.29, 1.82) is 0 Å². The van der Waals surface area contributed by atoms with Crippen LogP contribution in [-0.2, 0) is 9.59 Å². The summed E-state index contributed by atoms with van der Waals surface area (Å²) in [5, 5.41) is 3.13. The van der Waals surface area contributed by atoms with Crippen LogP contribution in [0.4, 0.5) is 0 Å². The topological polar surface area (TPSA) is 49.4 Å². The van der Waals surface area contributed by atoms with Crippen LogP contribution in [-0.4, -0.2) is 34.3 Å². The maximum Gasteiger partial charge on any atom is 0.249 e. The Kier molecular flexibility index (Phi) is 3.11. The first kappa shape index (κ1) is 13.9. The first-order valence-corrected chi connectivity index (χ1v) is 8.05. The summed E-state index contributed by atoms with van der Waals surface area (Å²) in [6.45, 7) is 6.91. The van der Waals surface area contributed by atoms with E-state index < -0.39 is 11.1 Å². The summed E-state index contributed by atoms with van der Waals surface area (Å²) >= 11 is 0. The monoisotopic (exact) mass is 278 g/mol. The normalized spacial score (nSPS) is 33.1. The summed E-state index contributed by atoms with van der Waals surface area (Å²) in [5.41, 5.74) is -1.20. The zero-order chi connectivity index (χ0) is 14.5. The molecule has 20 heavy (non-hydrogen) atoms. The molecule has 0 radical (unpaired) electrons. The van der Waals surface area contributed by atoms with Gasteiger partial charge in [0.25, 0.3) is 0 Å². The molecule has 0 bridgehead atoms. The quantitative estimate of drug-likeness (QED) is 0.859. The summed E-state index contributed by atoms with van der Waals surface area (Å²) in [6, 6.07) is 0. The van der Waals surface area contributed by atoms with E-state index in [4.69, 9.17) is 0 Å². The molecule has 2 saturated carbocycles. The van der Waals surface area contributed by atoms with E-state index >= 15 is 0 Å². The van der Waals surface area contributed by atoms with Crippen molar-refractivity contribution in [2.45, 2.75) is 70.4 Å². The zero-order valence-electron chi connectivity index (χ0n) is 12.9. The smallest absolute Gasteiger partial charge is 0.249 e. The first-order chi connectivity index (χ1) is 9.40. The minimum absolute atomic E-state index is 0.0853. The molecule has 112 valence electrons. The van der Waals surface area contributed by atoms with Crippen molar-refractivity contribution in [2.24, 2.45) is 11.8 Å². The Balaban J connectivity index is 1.96. The van der Waals surface area contributed by atoms with Crippen LogP contribution in [0.2, 0.25) is 0 Å². The first-order valence-electron chi connectivity index (χ1n) is 8.05. The standard InChI is InChI=1S/C16H26N2O2/c1-11(2)10-18-14(20)16(8-4-5-9-16)17-13(19)15(18,3)12-6-7-12/h11-12H,4-10H2,1-3H3,(H,17,19). The Bertz CT molecular complexity index is 436. The van der Waals surface area contributed by atoms with E-state index in [1.807, 2.05) is 11.8 Å². The fourth-order valence-electron chi connectivity index (χ4n) is 4.00. The number of hydrogen-bond acceptors (Lipinski definition) is 2. The summed E-state index contributed by atoms with van der Waals surface area (Å²) in [6.07, 6.45) is 5.85. The molecule has 1 unspecified atom stereocenters. The van der Waals surface area contributed by atoms with Gasteiger partial charge in [0.15, 0.2) is 0 Å². The van der Waals surface area contributed by atoms with Crippen molar-refractivity contribution < 1.29 is 9.59 Å². The molecule has 2 aliphatic carbocycles. The van der Waals surface area contributed by atoms with Crippen LogP contribution in [0.1, 0.15) is 59.3 Å². The van der Waals surface area contributed by atoms with E-state index in [-0.39, 0.29) is 11.8 Å². The highest BCUT2D eigenvalue weighted by molar-refractivity contribution is 6.02. The lowest BCUT2D eigenvalue weighted by atomic mass is 9.81. The average molecular weight is 278 g/mol. The van der Waals surface area contributed by atoms with Gasteiger partial charge in [-0.1, -0.05) is 26.7 Å². The molecule has 1 aliphatic heterocycles. The van der Waals surface area contributed by atoms with Crippen molar-refractivity contribution in [3.63, 3.8) is 0 Å². The van der Waals surface area contributed by atoms with E-state index in [0.29, 0.717) is 18.4 Å². The molecule has 4 nitrogen and oxygen atoms in total. The zero-order valence-corrected chi connectivity index (χ0v) is 12.9. The van der Waals surface area contributed by atoms with E-state index in [1.165, 1.54) is 0 Å². The Morgan fingerprint density at radius 1 is 1.25 bits per heavy atom. The fraction of sp³-hybridized carbons (Fsp3) is 0.875. The van der Waals surface area contributed by atoms with Gasteiger partial charge in [0.05, 0.1) is 0 Å². The number of nitrogens with zero attached hydrogens (tertiary/aromatic N) is 1. The molecule has 3 aliphatic rings. The Morgan fingerprint density at radius 2 is 1.85 bits per heavy atom. The van der Waals surface area contributed by atoms with Crippen molar-refractivity contribution in [2.75, 3.05) is 6.54 Å². The van der Waals surface area contributed by atoms with E-state index in [9.17, 15) is 9.59 Å². The molecule has 3 fully saturated rings. The molecule has 1 N–H and O–H groups in total. The number of hydrogen-bond donors (Lipinski definition) is 1. The van der Waals surface area contributed by atoms with Gasteiger partial charge >= 0.3 is 0 Å². The maximum atomic E-state index is 13.1. The summed E-state index contributed by atoms with van der Waals surface area (Å²) in [7, 11) is 0. The van der Waals surface area contributed by atoms with E-state index in [1.54, 1.807) is 0 Å². The number of piperazine rings is 1. The minimum atomic E-state index is -0.616. The van der Waals surface area contributed by atoms with E-state index in [0.717, 1.165) is 38.5 Å². The van der Waals surface area contributed by atoms with Crippen LogP contribution >= 0.6 is 0 Å². The summed E-state index contributed by atoms with van der Waals surface area (Å²) < 4.78 is 0. The highest BCUT2D eigenvalue weighted by Crippen LogP contribution is 2.48. The summed E-state index contributed by atoms with van der Waals surface area (Å²) in [5.74, 6) is 1.00. The Hall–Kier alpha value is -1.06. The third kappa shape index (κ3) is 1.87. The van der Waals surface area contributed by atoms with Gasteiger partial charge in [0.2, 0.25) is 11.8 Å². The Morgan fingerprint density at radius 3 is 2.35 bits per heavy atom. The molecule has 1 saturated heterocycles. The second-order valence-corrected chi connectivity index (χ2v) is 7.47. The van der Waals surface area contributed by atoms with Crippen LogP contribution in [0.3, 0.4) is 0 Å². The molecule has 1 atom stereocenters. The summed E-state index contributed by atoms with van der Waals surface area (Å²) in [4.78, 5) is 27.8. The molecular weight excluding hydrogens is 252 g/mol. The molecule has 3 rings (SSSR count). The van der Waals surface area contributed by atoms with Crippen LogP contribution in [0.5, 0.6) is 0 Å². The largest absolute Gasteiger partial charge is 0.340 e. The lowest BCUT2D eigenvalue weighted by Gasteiger charge is -2.51. The van der Waals surface area contributed by atoms with Gasteiger partial charge in [0.1, 0.15) is 11.1 Å². The van der Waals surface area contributed by atoms with Gasteiger partial charge < -0.3 is 10.2 Å². The fourth-order valence-corrected chi connectivity index (χ4v) is 4.00. The van der Waals surface area contributed by atoms with Gasteiger partial charge in [-0.25, -0.2) is 0 Å². The van der Waals surface area contributed by atoms with Gasteiger partial charge in [-0.3, -0.25) is 9.59 Å². The van der Waals surface area contributed by atoms with E-state index in [2.05, 4.69) is 19.2 Å². The molecule has 2 amide bonds. The molecular formula is C16H26N2O2. The van der Waals surface area contributed by atoms with Crippen LogP contribution < -0.4 is 5.32 Å². The highest BCUT2D eigenvalue weighted by Gasteiger charge is 2.61. The van der Waals surface area contributed by atoms with Crippen LogP contribution in [0.15, 0.2) is 0 Å². The predicted molar refractivity (Wildman–Crippen MR) is 77.0 cm³/mol. The average Bonchev–Trinajstić information content (AvgIpc) is 3.14. The molecule has 0 aromatic rings. The maximum absolute atomic E-state index is 13.1. The number of nitrogens with one attached hydrogen (secondary N) is 1. The predicted octanol–water partition coefficient (Wildman–Crippen LogP) is 2.08. The molecule has 0 aromatic heterocycles. The van der Waals surface area contributed by atoms with Crippen molar-refractivity contribution in [3.8, 4) is 0 Å². The number of carbonyl (C=O) groups excluding carboxylic acids is 2. The van der Waals surface area contributed by atoms with Crippen molar-refractivity contribution in [1.82, 2.24) is 10.2 Å². The van der Waals surface area contributed by atoms with Crippen LogP contribution in [0, 0.1) is 11.8 Å². The Labute approximate surface area is 121 Å². The SMILES string of the molecule is CC(C)CN1C(=O)C2(CCCC2)NC(=O)C1(C)C1CC1. The third-order valence-electron chi connectivity index (χ3n) is 5.40. The molecule has 1 spiro atoms. The minimum Gasteiger partial charge on any atom is -0.340 e. The molecule has 0 aromatic carbocycles. The van der Waals surface area contributed by atoms with Gasteiger partial charge in [0, 0.05) is 6.54 Å². The highest BCUT2D eigenvalue weighted by atomic mass is 16.2. The van der Waals surface area contributed by atoms with Gasteiger partial charge in [-0.2, -0.15) is 0 Å².